The standard InChI is InChI=1S/C15H25NS/c1-14(2,3)11-17-10-9-12-7-8-13(16-12)15(4,5)6/h8-10H,7,11H2,1-6H3/b10-9+. The van der Waals surface area contributed by atoms with Crippen molar-refractivity contribution in [1.82, 2.24) is 0 Å². The molecule has 17 heavy (non-hydrogen) atoms. The Morgan fingerprint density at radius 1 is 1.24 bits per heavy atom. The first kappa shape index (κ1) is 14.6. The number of thioether (sulfide) groups is 1. The molecule has 0 aliphatic carbocycles. The Labute approximate surface area is 110 Å². The lowest BCUT2D eigenvalue weighted by Crippen LogP contribution is -2.07. The van der Waals surface area contributed by atoms with Crippen LogP contribution in [0.25, 0.3) is 0 Å². The van der Waals surface area contributed by atoms with Crippen LogP contribution in [-0.4, -0.2) is 11.5 Å². The zero-order valence-corrected chi connectivity index (χ0v) is 12.8. The zero-order chi connectivity index (χ0) is 13.1. The highest BCUT2D eigenvalue weighted by molar-refractivity contribution is 8.02. The molecule has 0 saturated carbocycles. The van der Waals surface area contributed by atoms with Gasteiger partial charge in [-0.3, -0.25) is 4.99 Å². The Kier molecular flexibility index (Phi) is 4.65. The summed E-state index contributed by atoms with van der Waals surface area (Å²) in [6.07, 6.45) is 5.39. The lowest BCUT2D eigenvalue weighted by Gasteiger charge is -2.16. The second-order valence-corrected chi connectivity index (χ2v) is 7.72. The minimum Gasteiger partial charge on any atom is -0.257 e. The second kappa shape index (κ2) is 5.43. The van der Waals surface area contributed by atoms with Crippen LogP contribution in [0, 0.1) is 10.8 Å². The van der Waals surface area contributed by atoms with Gasteiger partial charge in [0.15, 0.2) is 0 Å². The van der Waals surface area contributed by atoms with Gasteiger partial charge in [0.25, 0.3) is 0 Å². The molecule has 0 unspecified atom stereocenters. The van der Waals surface area contributed by atoms with Gasteiger partial charge in [-0.15, -0.1) is 11.8 Å². The SMILES string of the molecule is CC(C)(C)CS/C=C/C1=NC(C(C)(C)C)=CC1. The minimum absolute atomic E-state index is 0.175. The lowest BCUT2D eigenvalue weighted by atomic mass is 9.92. The molecule has 0 amide bonds. The van der Waals surface area contributed by atoms with E-state index in [2.05, 4.69) is 64.1 Å². The van der Waals surface area contributed by atoms with Crippen LogP contribution in [0.2, 0.25) is 0 Å². The number of hydrogen-bond donors (Lipinski definition) is 0. The van der Waals surface area contributed by atoms with Gasteiger partial charge in [-0.1, -0.05) is 47.6 Å². The molecule has 0 spiro atoms. The fraction of sp³-hybridized carbons (Fsp3) is 0.667. The maximum absolute atomic E-state index is 4.67. The maximum Gasteiger partial charge on any atom is 0.0450 e. The van der Waals surface area contributed by atoms with E-state index < -0.39 is 0 Å². The normalized spacial score (nSPS) is 17.5. The lowest BCUT2D eigenvalue weighted by molar-refractivity contribution is 0.481. The summed E-state index contributed by atoms with van der Waals surface area (Å²) in [5, 5.41) is 2.18. The molecular formula is C15H25NS. The Balaban J connectivity index is 2.44. The van der Waals surface area contributed by atoms with Gasteiger partial charge in [-0.05, 0) is 16.9 Å². The molecule has 1 nitrogen and oxygen atoms in total. The van der Waals surface area contributed by atoms with Crippen molar-refractivity contribution in [1.29, 1.82) is 0 Å². The monoisotopic (exact) mass is 251 g/mol. The average Bonchev–Trinajstić information content (AvgIpc) is 2.58. The zero-order valence-electron chi connectivity index (χ0n) is 12.0. The predicted octanol–water partition coefficient (Wildman–Crippen LogP) is 5.05. The molecule has 0 fully saturated rings. The van der Waals surface area contributed by atoms with Gasteiger partial charge in [-0.25, -0.2) is 0 Å². The molecule has 0 aromatic heterocycles. The van der Waals surface area contributed by atoms with Gasteiger partial charge in [0, 0.05) is 29.0 Å². The van der Waals surface area contributed by atoms with Gasteiger partial charge in [0.2, 0.25) is 0 Å². The number of allylic oxidation sites excluding steroid dienone is 3. The summed E-state index contributed by atoms with van der Waals surface area (Å²) >= 11 is 1.87. The van der Waals surface area contributed by atoms with Crippen molar-refractivity contribution in [3.05, 3.63) is 23.3 Å². The summed E-state index contributed by atoms with van der Waals surface area (Å²) in [5.41, 5.74) is 2.98. The van der Waals surface area contributed by atoms with Crippen molar-refractivity contribution in [2.75, 3.05) is 5.75 Å². The molecule has 1 aliphatic rings. The molecule has 0 atom stereocenters. The van der Waals surface area contributed by atoms with Crippen LogP contribution in [-0.2, 0) is 0 Å². The minimum atomic E-state index is 0.175. The van der Waals surface area contributed by atoms with Crippen LogP contribution in [0.1, 0.15) is 48.0 Å². The third-order valence-electron chi connectivity index (χ3n) is 2.41. The van der Waals surface area contributed by atoms with Gasteiger partial charge < -0.3 is 0 Å². The Morgan fingerprint density at radius 3 is 2.35 bits per heavy atom. The summed E-state index contributed by atoms with van der Waals surface area (Å²) in [7, 11) is 0. The molecule has 1 aliphatic heterocycles. The maximum atomic E-state index is 4.67. The second-order valence-electron chi connectivity index (χ2n) is 6.82. The van der Waals surface area contributed by atoms with Gasteiger partial charge in [-0.2, -0.15) is 0 Å². The third kappa shape index (κ3) is 5.58. The summed E-state index contributed by atoms with van der Waals surface area (Å²) in [6.45, 7) is 13.4. The quantitative estimate of drug-likeness (QED) is 0.683. The van der Waals surface area contributed by atoms with Gasteiger partial charge in [0.05, 0.1) is 0 Å². The van der Waals surface area contributed by atoms with Crippen molar-refractivity contribution >= 4 is 17.5 Å². The first-order chi connectivity index (χ1) is 7.68. The highest BCUT2D eigenvalue weighted by Gasteiger charge is 2.19. The smallest absolute Gasteiger partial charge is 0.0450 e. The Bertz CT molecular complexity index is 348. The van der Waals surface area contributed by atoms with E-state index in [0.29, 0.717) is 5.41 Å². The van der Waals surface area contributed by atoms with E-state index in [9.17, 15) is 0 Å². The molecule has 0 radical (unpaired) electrons. The molecule has 1 heterocycles. The fourth-order valence-corrected chi connectivity index (χ4v) is 2.30. The van der Waals surface area contributed by atoms with Crippen LogP contribution < -0.4 is 0 Å². The molecule has 0 saturated heterocycles. The number of aliphatic imine (C=N–C) groups is 1. The van der Waals surface area contributed by atoms with Crippen LogP contribution in [0.3, 0.4) is 0 Å². The number of hydrogen-bond acceptors (Lipinski definition) is 2. The molecule has 0 aromatic carbocycles. The van der Waals surface area contributed by atoms with Crippen molar-refractivity contribution in [3.8, 4) is 0 Å². The number of rotatable bonds is 3. The van der Waals surface area contributed by atoms with E-state index >= 15 is 0 Å². The van der Waals surface area contributed by atoms with E-state index in [1.807, 2.05) is 11.8 Å². The van der Waals surface area contributed by atoms with Crippen molar-refractivity contribution < 1.29 is 0 Å². The summed E-state index contributed by atoms with van der Waals surface area (Å²) < 4.78 is 0. The van der Waals surface area contributed by atoms with E-state index in [1.165, 1.54) is 11.4 Å². The van der Waals surface area contributed by atoms with E-state index in [4.69, 9.17) is 0 Å². The van der Waals surface area contributed by atoms with Crippen molar-refractivity contribution in [2.24, 2.45) is 15.8 Å². The van der Waals surface area contributed by atoms with Crippen molar-refractivity contribution in [2.45, 2.75) is 48.0 Å². The Morgan fingerprint density at radius 2 is 1.88 bits per heavy atom. The molecular weight excluding hydrogens is 226 g/mol. The molecule has 1 rings (SSSR count). The van der Waals surface area contributed by atoms with Crippen LogP contribution in [0.15, 0.2) is 28.2 Å². The largest absolute Gasteiger partial charge is 0.257 e. The fourth-order valence-electron chi connectivity index (χ4n) is 1.45. The van der Waals surface area contributed by atoms with Crippen molar-refractivity contribution in [3.63, 3.8) is 0 Å². The van der Waals surface area contributed by atoms with Crippen LogP contribution in [0.5, 0.6) is 0 Å². The van der Waals surface area contributed by atoms with Crippen LogP contribution in [0.4, 0.5) is 0 Å². The summed E-state index contributed by atoms with van der Waals surface area (Å²) in [6, 6.07) is 0. The average molecular weight is 251 g/mol. The third-order valence-corrected chi connectivity index (χ3v) is 3.77. The van der Waals surface area contributed by atoms with E-state index in [0.717, 1.165) is 12.2 Å². The molecule has 0 N–H and O–H groups in total. The first-order valence-corrected chi connectivity index (χ1v) is 7.30. The van der Waals surface area contributed by atoms with Gasteiger partial charge >= 0.3 is 0 Å². The van der Waals surface area contributed by atoms with Gasteiger partial charge in [0.1, 0.15) is 0 Å². The van der Waals surface area contributed by atoms with E-state index in [1.54, 1.807) is 0 Å². The molecule has 2 heteroatoms. The number of nitrogens with zero attached hydrogens (tertiary/aromatic N) is 1. The predicted molar refractivity (Wildman–Crippen MR) is 80.6 cm³/mol. The topological polar surface area (TPSA) is 12.4 Å². The molecule has 0 aromatic rings. The summed E-state index contributed by atoms with van der Waals surface area (Å²) in [4.78, 5) is 4.67. The highest BCUT2D eigenvalue weighted by Crippen LogP contribution is 2.30. The molecule has 96 valence electrons. The summed E-state index contributed by atoms with van der Waals surface area (Å²) in [5.74, 6) is 1.15. The Hall–Kier alpha value is -0.500. The highest BCUT2D eigenvalue weighted by atomic mass is 32.2. The first-order valence-electron chi connectivity index (χ1n) is 6.25. The van der Waals surface area contributed by atoms with E-state index in [-0.39, 0.29) is 5.41 Å². The molecule has 0 bridgehead atoms. The van der Waals surface area contributed by atoms with Crippen LogP contribution >= 0.6 is 11.8 Å².